The van der Waals surface area contributed by atoms with Gasteiger partial charge in [-0.1, -0.05) is 25.4 Å². The van der Waals surface area contributed by atoms with Crippen LogP contribution in [0.25, 0.3) is 11.1 Å². The first-order chi connectivity index (χ1) is 6.25. The third-order valence-corrected chi connectivity index (χ3v) is 1.69. The van der Waals surface area contributed by atoms with Crippen LogP contribution in [0.4, 0.5) is 0 Å². The topological polar surface area (TPSA) is 26.0 Å². The third kappa shape index (κ3) is 2.22. The van der Waals surface area contributed by atoms with Gasteiger partial charge in [-0.3, -0.25) is 0 Å². The number of benzene rings is 1. The first-order valence-electron chi connectivity index (χ1n) is 4.28. The molecule has 2 rings (SSSR count). The molecule has 0 aliphatic rings. The molecule has 1 aromatic carbocycles. The average Bonchev–Trinajstić information content (AvgIpc) is 2.48. The van der Waals surface area contributed by atoms with Crippen molar-refractivity contribution in [2.24, 2.45) is 0 Å². The van der Waals surface area contributed by atoms with Gasteiger partial charge in [0.05, 0.1) is 0 Å². The maximum atomic E-state index is 5.75. The zero-order valence-electron chi connectivity index (χ0n) is 7.97. The SMILES string of the molecule is CC.Cc1nc2cc(Cl)ccc2o1. The van der Waals surface area contributed by atoms with Gasteiger partial charge in [0, 0.05) is 11.9 Å². The fourth-order valence-corrected chi connectivity index (χ4v) is 1.18. The van der Waals surface area contributed by atoms with Crippen LogP contribution in [-0.4, -0.2) is 4.98 Å². The van der Waals surface area contributed by atoms with Gasteiger partial charge in [0.2, 0.25) is 0 Å². The second-order valence-electron chi connectivity index (χ2n) is 2.34. The van der Waals surface area contributed by atoms with Crippen LogP contribution in [0.1, 0.15) is 19.7 Å². The summed E-state index contributed by atoms with van der Waals surface area (Å²) in [4.78, 5) is 4.12. The van der Waals surface area contributed by atoms with Crippen LogP contribution in [0.2, 0.25) is 5.02 Å². The summed E-state index contributed by atoms with van der Waals surface area (Å²) in [6.45, 7) is 5.81. The molecule has 3 heteroatoms. The van der Waals surface area contributed by atoms with E-state index in [0.717, 1.165) is 11.1 Å². The first kappa shape index (κ1) is 10.1. The number of halogens is 1. The molecular weight excluding hydrogens is 186 g/mol. The lowest BCUT2D eigenvalue weighted by Crippen LogP contribution is -1.67. The van der Waals surface area contributed by atoms with E-state index in [4.69, 9.17) is 16.0 Å². The zero-order chi connectivity index (χ0) is 9.84. The smallest absolute Gasteiger partial charge is 0.192 e. The van der Waals surface area contributed by atoms with Crippen molar-refractivity contribution in [1.82, 2.24) is 4.98 Å². The monoisotopic (exact) mass is 197 g/mol. The number of oxazole rings is 1. The Morgan fingerprint density at radius 1 is 1.31 bits per heavy atom. The van der Waals surface area contributed by atoms with E-state index < -0.39 is 0 Å². The summed E-state index contributed by atoms with van der Waals surface area (Å²) in [5, 5.41) is 0.686. The van der Waals surface area contributed by atoms with Gasteiger partial charge in [0.25, 0.3) is 0 Å². The highest BCUT2D eigenvalue weighted by Crippen LogP contribution is 2.19. The maximum absolute atomic E-state index is 5.75. The molecular formula is C10H12ClNO. The molecule has 0 saturated heterocycles. The number of rotatable bonds is 0. The summed E-state index contributed by atoms with van der Waals surface area (Å²) < 4.78 is 5.25. The van der Waals surface area contributed by atoms with E-state index in [2.05, 4.69) is 4.98 Å². The maximum Gasteiger partial charge on any atom is 0.192 e. The van der Waals surface area contributed by atoms with Gasteiger partial charge < -0.3 is 4.42 Å². The molecule has 0 amide bonds. The molecule has 0 atom stereocenters. The average molecular weight is 198 g/mol. The van der Waals surface area contributed by atoms with Crippen LogP contribution in [0.3, 0.4) is 0 Å². The lowest BCUT2D eigenvalue weighted by atomic mass is 10.3. The molecule has 0 fully saturated rings. The lowest BCUT2D eigenvalue weighted by molar-refractivity contribution is 0.561. The molecule has 70 valence electrons. The molecule has 13 heavy (non-hydrogen) atoms. The first-order valence-corrected chi connectivity index (χ1v) is 4.66. The Bertz CT molecular complexity index is 395. The van der Waals surface area contributed by atoms with Gasteiger partial charge in [0.15, 0.2) is 11.5 Å². The van der Waals surface area contributed by atoms with E-state index in [0.29, 0.717) is 10.9 Å². The fourth-order valence-electron chi connectivity index (χ4n) is 1.02. The van der Waals surface area contributed by atoms with Crippen molar-refractivity contribution in [1.29, 1.82) is 0 Å². The Labute approximate surface area is 82.5 Å². The van der Waals surface area contributed by atoms with Crippen LogP contribution in [0, 0.1) is 6.92 Å². The summed E-state index contributed by atoms with van der Waals surface area (Å²) in [6.07, 6.45) is 0. The van der Waals surface area contributed by atoms with Crippen LogP contribution in [-0.2, 0) is 0 Å². The normalized spacial score (nSPS) is 9.54. The molecule has 0 N–H and O–H groups in total. The van der Waals surface area contributed by atoms with Crippen molar-refractivity contribution in [3.05, 3.63) is 29.1 Å². The summed E-state index contributed by atoms with van der Waals surface area (Å²) >= 11 is 5.75. The van der Waals surface area contributed by atoms with Crippen molar-refractivity contribution in [2.75, 3.05) is 0 Å². The van der Waals surface area contributed by atoms with Gasteiger partial charge in [-0.2, -0.15) is 0 Å². The molecule has 0 bridgehead atoms. The van der Waals surface area contributed by atoms with E-state index in [9.17, 15) is 0 Å². The molecule has 2 aromatic rings. The molecule has 0 spiro atoms. The van der Waals surface area contributed by atoms with Gasteiger partial charge in [-0.15, -0.1) is 0 Å². The van der Waals surface area contributed by atoms with Crippen LogP contribution in [0.5, 0.6) is 0 Å². The molecule has 1 aromatic heterocycles. The van der Waals surface area contributed by atoms with Gasteiger partial charge >= 0.3 is 0 Å². The number of hydrogen-bond acceptors (Lipinski definition) is 2. The van der Waals surface area contributed by atoms with Crippen molar-refractivity contribution in [3.63, 3.8) is 0 Å². The van der Waals surface area contributed by atoms with Gasteiger partial charge in [-0.25, -0.2) is 4.98 Å². The summed E-state index contributed by atoms with van der Waals surface area (Å²) in [5.41, 5.74) is 1.60. The fraction of sp³-hybridized carbons (Fsp3) is 0.300. The molecule has 1 heterocycles. The quantitative estimate of drug-likeness (QED) is 0.642. The van der Waals surface area contributed by atoms with Gasteiger partial charge in [0.1, 0.15) is 5.52 Å². The van der Waals surface area contributed by atoms with Crippen LogP contribution < -0.4 is 0 Å². The highest BCUT2D eigenvalue weighted by atomic mass is 35.5. The number of nitrogens with zero attached hydrogens (tertiary/aromatic N) is 1. The predicted molar refractivity (Wildman–Crippen MR) is 55.1 cm³/mol. The van der Waals surface area contributed by atoms with Crippen LogP contribution in [0.15, 0.2) is 22.6 Å². The highest BCUT2D eigenvalue weighted by molar-refractivity contribution is 6.31. The Hall–Kier alpha value is -1.02. The van der Waals surface area contributed by atoms with Crippen molar-refractivity contribution < 1.29 is 4.42 Å². The number of hydrogen-bond donors (Lipinski definition) is 0. The Kier molecular flexibility index (Phi) is 3.32. The van der Waals surface area contributed by atoms with Crippen molar-refractivity contribution >= 4 is 22.7 Å². The highest BCUT2D eigenvalue weighted by Gasteiger charge is 2.00. The van der Waals surface area contributed by atoms with E-state index in [1.807, 2.05) is 26.8 Å². The molecule has 0 radical (unpaired) electrons. The Morgan fingerprint density at radius 2 is 2.00 bits per heavy atom. The molecule has 0 saturated carbocycles. The molecule has 0 aliphatic carbocycles. The summed E-state index contributed by atoms with van der Waals surface area (Å²) in [5.74, 6) is 0.669. The van der Waals surface area contributed by atoms with Crippen molar-refractivity contribution in [2.45, 2.75) is 20.8 Å². The standard InChI is InChI=1S/C8H6ClNO.C2H6/c1-5-10-7-4-6(9)2-3-8(7)11-5;1-2/h2-4H,1H3;1-2H3. The van der Waals surface area contributed by atoms with E-state index in [1.165, 1.54) is 0 Å². The Balaban J connectivity index is 0.000000396. The molecule has 2 nitrogen and oxygen atoms in total. The van der Waals surface area contributed by atoms with E-state index in [1.54, 1.807) is 12.1 Å². The second kappa shape index (κ2) is 4.28. The van der Waals surface area contributed by atoms with E-state index in [-0.39, 0.29) is 0 Å². The summed E-state index contributed by atoms with van der Waals surface area (Å²) in [6, 6.07) is 5.39. The number of fused-ring (bicyclic) bond motifs is 1. The minimum atomic E-state index is 0.669. The number of aryl methyl sites for hydroxylation is 1. The van der Waals surface area contributed by atoms with Gasteiger partial charge in [-0.05, 0) is 18.2 Å². The Morgan fingerprint density at radius 3 is 2.69 bits per heavy atom. The second-order valence-corrected chi connectivity index (χ2v) is 2.78. The zero-order valence-corrected chi connectivity index (χ0v) is 8.72. The largest absolute Gasteiger partial charge is 0.441 e. The minimum Gasteiger partial charge on any atom is -0.441 e. The third-order valence-electron chi connectivity index (χ3n) is 1.46. The van der Waals surface area contributed by atoms with E-state index >= 15 is 0 Å². The van der Waals surface area contributed by atoms with Crippen LogP contribution >= 0.6 is 11.6 Å². The number of aromatic nitrogens is 1. The van der Waals surface area contributed by atoms with Crippen molar-refractivity contribution in [3.8, 4) is 0 Å². The summed E-state index contributed by atoms with van der Waals surface area (Å²) in [7, 11) is 0. The minimum absolute atomic E-state index is 0.669. The lowest BCUT2D eigenvalue weighted by Gasteiger charge is -1.85. The predicted octanol–water partition coefficient (Wildman–Crippen LogP) is 3.82. The molecule has 0 unspecified atom stereocenters. The molecule has 0 aliphatic heterocycles.